The number of nitrogens with one attached hydrogen (secondary N) is 1. The van der Waals surface area contributed by atoms with Crippen LogP contribution in [0.2, 0.25) is 0 Å². The van der Waals surface area contributed by atoms with Crippen molar-refractivity contribution in [3.63, 3.8) is 0 Å². The van der Waals surface area contributed by atoms with E-state index in [-0.39, 0.29) is 0 Å². The SMILES string of the molecule is CC(C)C1CCN(C[C@@H]2CCCNC2)CC1. The maximum absolute atomic E-state index is 3.52. The third kappa shape index (κ3) is 3.46. The smallest absolute Gasteiger partial charge is 0.00218 e. The molecule has 2 nitrogen and oxygen atoms in total. The maximum atomic E-state index is 3.52. The molecule has 0 unspecified atom stereocenters. The molecule has 0 radical (unpaired) electrons. The lowest BCUT2D eigenvalue weighted by Crippen LogP contribution is -2.42. The second kappa shape index (κ2) is 6.02. The predicted molar refractivity (Wildman–Crippen MR) is 69.6 cm³/mol. The van der Waals surface area contributed by atoms with E-state index in [1.165, 1.54) is 58.4 Å². The molecule has 94 valence electrons. The van der Waals surface area contributed by atoms with Gasteiger partial charge >= 0.3 is 0 Å². The van der Waals surface area contributed by atoms with E-state index in [4.69, 9.17) is 0 Å². The van der Waals surface area contributed by atoms with Gasteiger partial charge in [0.25, 0.3) is 0 Å². The van der Waals surface area contributed by atoms with E-state index in [9.17, 15) is 0 Å². The predicted octanol–water partition coefficient (Wildman–Crippen LogP) is 2.35. The molecule has 2 saturated heterocycles. The summed E-state index contributed by atoms with van der Waals surface area (Å²) in [4.78, 5) is 2.70. The second-order valence-corrected chi connectivity index (χ2v) is 6.09. The topological polar surface area (TPSA) is 15.3 Å². The average Bonchev–Trinajstić information content (AvgIpc) is 2.31. The molecule has 2 aliphatic rings. The minimum Gasteiger partial charge on any atom is -0.316 e. The molecule has 1 atom stereocenters. The molecule has 2 rings (SSSR count). The van der Waals surface area contributed by atoms with Crippen LogP contribution in [0.1, 0.15) is 39.5 Å². The number of nitrogens with zero attached hydrogens (tertiary/aromatic N) is 1. The molecule has 0 saturated carbocycles. The number of hydrogen-bond donors (Lipinski definition) is 1. The van der Waals surface area contributed by atoms with Crippen LogP contribution in [0.5, 0.6) is 0 Å². The molecule has 0 aromatic carbocycles. The lowest BCUT2D eigenvalue weighted by atomic mass is 9.86. The third-order valence-electron chi connectivity index (χ3n) is 4.49. The lowest BCUT2D eigenvalue weighted by Gasteiger charge is -2.36. The molecule has 2 aliphatic heterocycles. The Labute approximate surface area is 101 Å². The maximum Gasteiger partial charge on any atom is 0.00218 e. The van der Waals surface area contributed by atoms with E-state index in [1.807, 2.05) is 0 Å². The van der Waals surface area contributed by atoms with Crippen LogP contribution in [0.3, 0.4) is 0 Å². The highest BCUT2D eigenvalue weighted by Crippen LogP contribution is 2.25. The van der Waals surface area contributed by atoms with Crippen molar-refractivity contribution in [3.8, 4) is 0 Å². The molecular weight excluding hydrogens is 196 g/mol. The quantitative estimate of drug-likeness (QED) is 0.791. The summed E-state index contributed by atoms with van der Waals surface area (Å²) < 4.78 is 0. The van der Waals surface area contributed by atoms with Gasteiger partial charge in [0.2, 0.25) is 0 Å². The lowest BCUT2D eigenvalue weighted by molar-refractivity contribution is 0.132. The molecule has 2 heteroatoms. The summed E-state index contributed by atoms with van der Waals surface area (Å²) in [5, 5.41) is 3.52. The molecule has 0 amide bonds. The van der Waals surface area contributed by atoms with Gasteiger partial charge < -0.3 is 10.2 Å². The Morgan fingerprint density at radius 2 is 1.94 bits per heavy atom. The average molecular weight is 224 g/mol. The molecule has 0 aromatic rings. The molecule has 1 N–H and O–H groups in total. The molecule has 2 heterocycles. The standard InChI is InChI=1S/C14H28N2/c1-12(2)14-5-8-16(9-6-14)11-13-4-3-7-15-10-13/h12-15H,3-11H2,1-2H3/t13-/m1/s1. The van der Waals surface area contributed by atoms with Crippen LogP contribution in [-0.2, 0) is 0 Å². The third-order valence-corrected chi connectivity index (χ3v) is 4.49. The van der Waals surface area contributed by atoms with Crippen molar-refractivity contribution in [2.45, 2.75) is 39.5 Å². The van der Waals surface area contributed by atoms with Crippen molar-refractivity contribution in [1.82, 2.24) is 10.2 Å². The molecule has 0 aliphatic carbocycles. The van der Waals surface area contributed by atoms with Gasteiger partial charge in [-0.2, -0.15) is 0 Å². The Bertz CT molecular complexity index is 189. The van der Waals surface area contributed by atoms with Crippen LogP contribution >= 0.6 is 0 Å². The fourth-order valence-electron chi connectivity index (χ4n) is 3.25. The van der Waals surface area contributed by atoms with Gasteiger partial charge in [-0.25, -0.2) is 0 Å². The van der Waals surface area contributed by atoms with E-state index in [1.54, 1.807) is 0 Å². The molecule has 0 bridgehead atoms. The first-order valence-corrected chi connectivity index (χ1v) is 7.19. The summed E-state index contributed by atoms with van der Waals surface area (Å²) in [5.41, 5.74) is 0. The zero-order chi connectivity index (χ0) is 11.4. The van der Waals surface area contributed by atoms with Crippen LogP contribution < -0.4 is 5.32 Å². The van der Waals surface area contributed by atoms with E-state index < -0.39 is 0 Å². The van der Waals surface area contributed by atoms with Crippen molar-refractivity contribution in [2.24, 2.45) is 17.8 Å². The van der Waals surface area contributed by atoms with Gasteiger partial charge in [-0.1, -0.05) is 13.8 Å². The highest BCUT2D eigenvalue weighted by molar-refractivity contribution is 4.78. The summed E-state index contributed by atoms with van der Waals surface area (Å²) in [5.74, 6) is 2.79. The normalized spacial score (nSPS) is 29.8. The fraction of sp³-hybridized carbons (Fsp3) is 1.00. The number of rotatable bonds is 3. The number of likely N-dealkylation sites (tertiary alicyclic amines) is 1. The Morgan fingerprint density at radius 1 is 1.19 bits per heavy atom. The molecule has 0 aromatic heterocycles. The first-order valence-electron chi connectivity index (χ1n) is 7.19. The summed E-state index contributed by atoms with van der Waals surface area (Å²) in [7, 11) is 0. The zero-order valence-electron chi connectivity index (χ0n) is 11.0. The van der Waals surface area contributed by atoms with Crippen molar-refractivity contribution in [3.05, 3.63) is 0 Å². The van der Waals surface area contributed by atoms with E-state index in [0.29, 0.717) is 0 Å². The van der Waals surface area contributed by atoms with E-state index in [2.05, 4.69) is 24.1 Å². The van der Waals surface area contributed by atoms with E-state index >= 15 is 0 Å². The van der Waals surface area contributed by atoms with Crippen LogP contribution in [0, 0.1) is 17.8 Å². The van der Waals surface area contributed by atoms with Gasteiger partial charge in [0, 0.05) is 6.54 Å². The summed E-state index contributed by atoms with van der Waals surface area (Å²) >= 11 is 0. The zero-order valence-corrected chi connectivity index (χ0v) is 11.0. The first-order chi connectivity index (χ1) is 7.75. The highest BCUT2D eigenvalue weighted by Gasteiger charge is 2.23. The van der Waals surface area contributed by atoms with Crippen LogP contribution in [-0.4, -0.2) is 37.6 Å². The summed E-state index contributed by atoms with van der Waals surface area (Å²) in [6.45, 7) is 11.3. The molecule has 0 spiro atoms. The molecular formula is C14H28N2. The van der Waals surface area contributed by atoms with E-state index in [0.717, 1.165) is 17.8 Å². The van der Waals surface area contributed by atoms with Gasteiger partial charge in [-0.3, -0.25) is 0 Å². The highest BCUT2D eigenvalue weighted by atomic mass is 15.1. The Hall–Kier alpha value is -0.0800. The summed E-state index contributed by atoms with van der Waals surface area (Å²) in [6, 6.07) is 0. The largest absolute Gasteiger partial charge is 0.316 e. The monoisotopic (exact) mass is 224 g/mol. The molecule has 2 fully saturated rings. The molecule has 16 heavy (non-hydrogen) atoms. The summed E-state index contributed by atoms with van der Waals surface area (Å²) in [6.07, 6.45) is 5.68. The second-order valence-electron chi connectivity index (χ2n) is 6.09. The van der Waals surface area contributed by atoms with Crippen LogP contribution in [0.15, 0.2) is 0 Å². The Balaban J connectivity index is 1.68. The van der Waals surface area contributed by atoms with Gasteiger partial charge in [-0.15, -0.1) is 0 Å². The van der Waals surface area contributed by atoms with Gasteiger partial charge in [0.05, 0.1) is 0 Å². The Kier molecular flexibility index (Phi) is 4.66. The van der Waals surface area contributed by atoms with Gasteiger partial charge in [-0.05, 0) is 69.6 Å². The minimum atomic E-state index is 0.887. The number of piperidine rings is 2. The van der Waals surface area contributed by atoms with Crippen molar-refractivity contribution >= 4 is 0 Å². The minimum absolute atomic E-state index is 0.887. The first kappa shape index (κ1) is 12.4. The fourth-order valence-corrected chi connectivity index (χ4v) is 3.25. The van der Waals surface area contributed by atoms with Crippen LogP contribution in [0.25, 0.3) is 0 Å². The van der Waals surface area contributed by atoms with Crippen molar-refractivity contribution in [2.75, 3.05) is 32.7 Å². The van der Waals surface area contributed by atoms with Gasteiger partial charge in [0.15, 0.2) is 0 Å². The van der Waals surface area contributed by atoms with Crippen LogP contribution in [0.4, 0.5) is 0 Å². The number of hydrogen-bond acceptors (Lipinski definition) is 2. The van der Waals surface area contributed by atoms with Crippen molar-refractivity contribution < 1.29 is 0 Å². The Morgan fingerprint density at radius 3 is 2.50 bits per heavy atom. The van der Waals surface area contributed by atoms with Crippen molar-refractivity contribution in [1.29, 1.82) is 0 Å². The van der Waals surface area contributed by atoms with Gasteiger partial charge in [0.1, 0.15) is 0 Å².